The highest BCUT2D eigenvalue weighted by Gasteiger charge is 2.56. The van der Waals surface area contributed by atoms with Crippen molar-refractivity contribution in [3.8, 4) is 0 Å². The zero-order chi connectivity index (χ0) is 13.3. The highest BCUT2D eigenvalue weighted by molar-refractivity contribution is 5.85. The lowest BCUT2D eigenvalue weighted by Crippen LogP contribution is -2.38. The molecule has 0 bridgehead atoms. The molecule has 7 heteroatoms. The number of aliphatic hydroxyl groups excluding tert-OH is 1. The van der Waals surface area contributed by atoms with Gasteiger partial charge in [-0.2, -0.15) is 5.06 Å². The Balaban J connectivity index is 2.22. The number of hydrogen-bond acceptors (Lipinski definition) is 7. The third-order valence-electron chi connectivity index (χ3n) is 3.58. The van der Waals surface area contributed by atoms with Crippen LogP contribution in [0, 0.1) is 5.92 Å². The summed E-state index contributed by atoms with van der Waals surface area (Å²) in [6.07, 6.45) is 0.419. The molecule has 0 amide bonds. The Morgan fingerprint density at radius 3 is 2.50 bits per heavy atom. The average Bonchev–Trinajstić information content (AvgIpc) is 2.94. The van der Waals surface area contributed by atoms with Crippen molar-refractivity contribution in [2.75, 3.05) is 20.8 Å². The molecule has 2 rings (SSSR count). The second-order valence-corrected chi connectivity index (χ2v) is 4.44. The number of methoxy groups -OCH3 is 2. The molecule has 102 valence electrons. The fourth-order valence-electron chi connectivity index (χ4n) is 2.68. The van der Waals surface area contributed by atoms with Crippen LogP contribution in [0.25, 0.3) is 0 Å². The summed E-state index contributed by atoms with van der Waals surface area (Å²) in [6, 6.07) is -0.421. The molecule has 2 heterocycles. The molecule has 0 radical (unpaired) electrons. The summed E-state index contributed by atoms with van der Waals surface area (Å²) in [6.45, 7) is -0.0711. The molecule has 0 aliphatic carbocycles. The van der Waals surface area contributed by atoms with Crippen molar-refractivity contribution in [3.63, 3.8) is 0 Å². The second kappa shape index (κ2) is 5.21. The largest absolute Gasteiger partial charge is 0.469 e. The summed E-state index contributed by atoms with van der Waals surface area (Å²) in [4.78, 5) is 28.9. The molecule has 2 aliphatic rings. The van der Waals surface area contributed by atoms with Crippen LogP contribution in [0.1, 0.15) is 12.8 Å². The van der Waals surface area contributed by atoms with Gasteiger partial charge >= 0.3 is 11.9 Å². The van der Waals surface area contributed by atoms with Crippen LogP contribution in [-0.4, -0.2) is 61.1 Å². The highest BCUT2D eigenvalue weighted by Crippen LogP contribution is 2.39. The lowest BCUT2D eigenvalue weighted by Gasteiger charge is -2.20. The number of hydrogen-bond donors (Lipinski definition) is 1. The number of aliphatic hydroxyl groups is 1. The molecule has 0 aromatic rings. The summed E-state index contributed by atoms with van der Waals surface area (Å²) in [7, 11) is 2.52. The van der Waals surface area contributed by atoms with Crippen molar-refractivity contribution in [2.45, 2.75) is 31.0 Å². The van der Waals surface area contributed by atoms with E-state index in [1.165, 1.54) is 14.2 Å². The topological polar surface area (TPSA) is 85.3 Å². The fourth-order valence-corrected chi connectivity index (χ4v) is 2.68. The van der Waals surface area contributed by atoms with Gasteiger partial charge in [0.15, 0.2) is 6.10 Å². The molecule has 2 aliphatic heterocycles. The monoisotopic (exact) mass is 259 g/mol. The molecule has 18 heavy (non-hydrogen) atoms. The van der Waals surface area contributed by atoms with Gasteiger partial charge < -0.3 is 14.6 Å². The highest BCUT2D eigenvalue weighted by atomic mass is 16.7. The lowest BCUT2D eigenvalue weighted by atomic mass is 9.93. The summed E-state index contributed by atoms with van der Waals surface area (Å²) in [5, 5.41) is 10.8. The van der Waals surface area contributed by atoms with E-state index in [9.17, 15) is 14.7 Å². The van der Waals surface area contributed by atoms with E-state index in [1.807, 2.05) is 0 Å². The van der Waals surface area contributed by atoms with Gasteiger partial charge in [-0.15, -0.1) is 0 Å². The molecule has 7 nitrogen and oxygen atoms in total. The number of carbonyl (C=O) groups is 2. The first-order valence-corrected chi connectivity index (χ1v) is 5.85. The van der Waals surface area contributed by atoms with Crippen molar-refractivity contribution in [3.05, 3.63) is 0 Å². The molecule has 2 saturated heterocycles. The van der Waals surface area contributed by atoms with Gasteiger partial charge in [-0.3, -0.25) is 9.63 Å². The molecule has 2 fully saturated rings. The molecule has 0 aromatic carbocycles. The van der Waals surface area contributed by atoms with Crippen molar-refractivity contribution in [1.29, 1.82) is 0 Å². The van der Waals surface area contributed by atoms with Crippen LogP contribution in [0.2, 0.25) is 0 Å². The first-order chi connectivity index (χ1) is 8.63. The number of hydroxylamine groups is 2. The molecular formula is C11H17NO6. The summed E-state index contributed by atoms with van der Waals surface area (Å²) < 4.78 is 9.35. The van der Waals surface area contributed by atoms with Gasteiger partial charge in [0.2, 0.25) is 0 Å². The minimum Gasteiger partial charge on any atom is -0.469 e. The van der Waals surface area contributed by atoms with E-state index in [0.29, 0.717) is 6.42 Å². The molecule has 0 spiro atoms. The van der Waals surface area contributed by atoms with Crippen LogP contribution in [0.3, 0.4) is 0 Å². The predicted molar refractivity (Wildman–Crippen MR) is 58.1 cm³/mol. The van der Waals surface area contributed by atoms with E-state index in [1.54, 1.807) is 5.06 Å². The van der Waals surface area contributed by atoms with E-state index in [4.69, 9.17) is 9.57 Å². The van der Waals surface area contributed by atoms with E-state index in [0.717, 1.165) is 6.42 Å². The maximum absolute atomic E-state index is 11.8. The molecule has 1 N–H and O–H groups in total. The average molecular weight is 259 g/mol. The number of rotatable bonds is 3. The van der Waals surface area contributed by atoms with Gasteiger partial charge in [0.05, 0.1) is 32.9 Å². The minimum atomic E-state index is -0.984. The molecule has 0 unspecified atom stereocenters. The maximum atomic E-state index is 11.8. The van der Waals surface area contributed by atoms with E-state index in [-0.39, 0.29) is 18.7 Å². The van der Waals surface area contributed by atoms with Gasteiger partial charge in [-0.25, -0.2) is 4.79 Å². The summed E-state index contributed by atoms with van der Waals surface area (Å²) in [5.74, 6) is -1.79. The summed E-state index contributed by atoms with van der Waals surface area (Å²) in [5.41, 5.74) is 0. The quantitative estimate of drug-likeness (QED) is 0.656. The van der Waals surface area contributed by atoms with Gasteiger partial charge in [0.1, 0.15) is 5.92 Å². The Labute approximate surface area is 105 Å². The number of fused-ring (bicyclic) bond motifs is 1. The van der Waals surface area contributed by atoms with Crippen LogP contribution in [0.15, 0.2) is 0 Å². The number of ether oxygens (including phenoxy) is 2. The molecular weight excluding hydrogens is 242 g/mol. The maximum Gasteiger partial charge on any atom is 0.338 e. The minimum absolute atomic E-state index is 0.0711. The first kappa shape index (κ1) is 13.3. The third-order valence-corrected chi connectivity index (χ3v) is 3.58. The Hall–Kier alpha value is -1.18. The van der Waals surface area contributed by atoms with E-state index in [2.05, 4.69) is 4.74 Å². The normalized spacial score (nSPS) is 35.3. The Morgan fingerprint density at radius 1 is 1.28 bits per heavy atom. The zero-order valence-electron chi connectivity index (χ0n) is 10.4. The summed E-state index contributed by atoms with van der Waals surface area (Å²) >= 11 is 0. The van der Waals surface area contributed by atoms with Gasteiger partial charge in [0.25, 0.3) is 0 Å². The Morgan fingerprint density at radius 2 is 1.94 bits per heavy atom. The second-order valence-electron chi connectivity index (χ2n) is 4.44. The smallest absolute Gasteiger partial charge is 0.338 e. The van der Waals surface area contributed by atoms with Crippen LogP contribution < -0.4 is 0 Å². The lowest BCUT2D eigenvalue weighted by molar-refractivity contribution is -0.198. The van der Waals surface area contributed by atoms with E-state index >= 15 is 0 Å². The van der Waals surface area contributed by atoms with Crippen LogP contribution in [0.4, 0.5) is 0 Å². The molecule has 4 atom stereocenters. The van der Waals surface area contributed by atoms with Crippen molar-refractivity contribution >= 4 is 11.9 Å². The zero-order valence-corrected chi connectivity index (χ0v) is 10.4. The molecule has 0 aromatic heterocycles. The van der Waals surface area contributed by atoms with Crippen LogP contribution in [0.5, 0.6) is 0 Å². The SMILES string of the molecule is COC(=O)[C@@H]1[C@@H](C(=O)OC)ON2[C@H](CO)CC[C@@H]12. The van der Waals surface area contributed by atoms with Gasteiger partial charge in [0, 0.05) is 0 Å². The van der Waals surface area contributed by atoms with Crippen LogP contribution >= 0.6 is 0 Å². The van der Waals surface area contributed by atoms with Gasteiger partial charge in [-0.05, 0) is 12.8 Å². The predicted octanol–water partition coefficient (Wildman–Crippen LogP) is -0.912. The van der Waals surface area contributed by atoms with E-state index < -0.39 is 24.0 Å². The van der Waals surface area contributed by atoms with Crippen molar-refractivity contribution < 1.29 is 29.0 Å². The third kappa shape index (κ3) is 1.98. The van der Waals surface area contributed by atoms with Gasteiger partial charge in [-0.1, -0.05) is 0 Å². The van der Waals surface area contributed by atoms with Crippen LogP contribution in [-0.2, 0) is 23.9 Å². The Kier molecular flexibility index (Phi) is 3.84. The number of nitrogens with zero attached hydrogens (tertiary/aromatic N) is 1. The fraction of sp³-hybridized carbons (Fsp3) is 0.818. The van der Waals surface area contributed by atoms with Crippen molar-refractivity contribution in [1.82, 2.24) is 5.06 Å². The van der Waals surface area contributed by atoms with Crippen molar-refractivity contribution in [2.24, 2.45) is 5.92 Å². The first-order valence-electron chi connectivity index (χ1n) is 5.85. The molecule has 0 saturated carbocycles. The number of carbonyl (C=O) groups excluding carboxylic acids is 2. The number of esters is 2. The Bertz CT molecular complexity index is 346. The standard InChI is InChI=1S/C11H17NO6/c1-16-10(14)8-7-4-3-6(5-13)12(7)18-9(8)11(15)17-2/h6-9,13H,3-5H2,1-2H3/t6-,7-,8-,9-/m0/s1.